The van der Waals surface area contributed by atoms with E-state index in [9.17, 15) is 0 Å². The summed E-state index contributed by atoms with van der Waals surface area (Å²) in [5.41, 5.74) is 2.72. The molecule has 1 rings (SSSR count). The van der Waals surface area contributed by atoms with Crippen LogP contribution in [0.15, 0.2) is 18.2 Å². The second-order valence-electron chi connectivity index (χ2n) is 3.47. The van der Waals surface area contributed by atoms with E-state index in [1.54, 1.807) is 0 Å². The van der Waals surface area contributed by atoms with Gasteiger partial charge in [0.15, 0.2) is 0 Å². The molecular weight excluding hydrogens is 208 g/mol. The Morgan fingerprint density at radius 2 is 2.07 bits per heavy atom. The van der Waals surface area contributed by atoms with Crippen LogP contribution in [0.5, 0.6) is 5.75 Å². The van der Waals surface area contributed by atoms with Gasteiger partial charge in [0.2, 0.25) is 0 Å². The predicted molar refractivity (Wildman–Crippen MR) is 66.0 cm³/mol. The maximum atomic E-state index is 5.74. The van der Waals surface area contributed by atoms with Gasteiger partial charge < -0.3 is 4.74 Å². The van der Waals surface area contributed by atoms with Crippen molar-refractivity contribution in [1.29, 1.82) is 0 Å². The third-order valence-electron chi connectivity index (χ3n) is 2.47. The van der Waals surface area contributed by atoms with E-state index < -0.39 is 0 Å². The number of benzene rings is 1. The Bertz CT molecular complexity index is 297. The summed E-state index contributed by atoms with van der Waals surface area (Å²) in [6.07, 6.45) is 3.08. The molecule has 0 amide bonds. The summed E-state index contributed by atoms with van der Waals surface area (Å²) in [5.74, 6) is 1.74. The van der Waals surface area contributed by atoms with E-state index in [0.29, 0.717) is 5.88 Å². The summed E-state index contributed by atoms with van der Waals surface area (Å²) in [7, 11) is 0. The van der Waals surface area contributed by atoms with Crippen LogP contribution in [-0.2, 0) is 12.8 Å². The van der Waals surface area contributed by atoms with Crippen LogP contribution in [0.25, 0.3) is 0 Å². The van der Waals surface area contributed by atoms with E-state index in [-0.39, 0.29) is 0 Å². The fourth-order valence-corrected chi connectivity index (χ4v) is 1.89. The molecular formula is C13H19ClO. The molecule has 84 valence electrons. The largest absolute Gasteiger partial charge is 0.494 e. The molecule has 2 heteroatoms. The first-order chi connectivity index (χ1) is 7.33. The fourth-order valence-electron chi connectivity index (χ4n) is 1.76. The Hall–Kier alpha value is -0.690. The summed E-state index contributed by atoms with van der Waals surface area (Å²) in [4.78, 5) is 0. The number of hydrogen-bond acceptors (Lipinski definition) is 1. The van der Waals surface area contributed by atoms with Crippen molar-refractivity contribution in [2.75, 3.05) is 12.5 Å². The number of hydrogen-bond donors (Lipinski definition) is 0. The Morgan fingerprint density at radius 1 is 1.27 bits per heavy atom. The van der Waals surface area contributed by atoms with Crippen LogP contribution in [0.3, 0.4) is 0 Å². The Kier molecular flexibility index (Phi) is 5.56. The summed E-state index contributed by atoms with van der Waals surface area (Å²) in [6, 6.07) is 6.28. The maximum Gasteiger partial charge on any atom is 0.122 e. The number of aryl methyl sites for hydroxylation is 1. The second kappa shape index (κ2) is 6.73. The van der Waals surface area contributed by atoms with Gasteiger partial charge in [-0.25, -0.2) is 0 Å². The molecule has 0 saturated heterocycles. The molecule has 0 unspecified atom stereocenters. The van der Waals surface area contributed by atoms with Gasteiger partial charge in [-0.15, -0.1) is 11.6 Å². The highest BCUT2D eigenvalue weighted by Gasteiger charge is 2.07. The van der Waals surface area contributed by atoms with E-state index in [1.165, 1.54) is 11.1 Å². The number of alkyl halides is 1. The zero-order valence-corrected chi connectivity index (χ0v) is 10.3. The first-order valence-corrected chi connectivity index (χ1v) is 6.16. The third-order valence-corrected chi connectivity index (χ3v) is 2.74. The van der Waals surface area contributed by atoms with Crippen LogP contribution in [0.1, 0.15) is 31.4 Å². The first kappa shape index (κ1) is 12.4. The number of ether oxygens (including phenoxy) is 1. The van der Waals surface area contributed by atoms with Gasteiger partial charge in [0.25, 0.3) is 0 Å². The summed E-state index contributed by atoms with van der Waals surface area (Å²) < 4.78 is 5.63. The van der Waals surface area contributed by atoms with Crippen LogP contribution in [0, 0.1) is 0 Å². The average Bonchev–Trinajstić information content (AvgIpc) is 2.27. The highest BCUT2D eigenvalue weighted by Crippen LogP contribution is 2.24. The lowest BCUT2D eigenvalue weighted by Gasteiger charge is -2.13. The molecule has 1 aromatic rings. The zero-order chi connectivity index (χ0) is 11.1. The van der Waals surface area contributed by atoms with Crippen molar-refractivity contribution in [2.45, 2.75) is 33.1 Å². The van der Waals surface area contributed by atoms with E-state index in [0.717, 1.165) is 31.6 Å². The minimum Gasteiger partial charge on any atom is -0.494 e. The van der Waals surface area contributed by atoms with Crippen LogP contribution in [0.4, 0.5) is 0 Å². The van der Waals surface area contributed by atoms with Crippen molar-refractivity contribution in [3.63, 3.8) is 0 Å². The lowest BCUT2D eigenvalue weighted by Crippen LogP contribution is -2.01. The molecule has 1 nitrogen and oxygen atoms in total. The molecule has 0 aliphatic carbocycles. The van der Waals surface area contributed by atoms with Gasteiger partial charge in [0.1, 0.15) is 5.75 Å². The van der Waals surface area contributed by atoms with E-state index in [2.05, 4.69) is 19.1 Å². The van der Waals surface area contributed by atoms with Crippen molar-refractivity contribution in [2.24, 2.45) is 0 Å². The first-order valence-electron chi connectivity index (χ1n) is 5.63. The zero-order valence-electron chi connectivity index (χ0n) is 9.55. The van der Waals surface area contributed by atoms with Gasteiger partial charge >= 0.3 is 0 Å². The molecule has 1 aromatic carbocycles. The minimum absolute atomic E-state index is 0.712. The Morgan fingerprint density at radius 3 is 2.67 bits per heavy atom. The van der Waals surface area contributed by atoms with Gasteiger partial charge in [-0.1, -0.05) is 19.1 Å². The summed E-state index contributed by atoms with van der Waals surface area (Å²) >= 11 is 5.74. The molecule has 0 N–H and O–H groups in total. The fraction of sp³-hybridized carbons (Fsp3) is 0.538. The van der Waals surface area contributed by atoms with Crippen LogP contribution in [0.2, 0.25) is 0 Å². The lowest BCUT2D eigenvalue weighted by molar-refractivity contribution is 0.336. The average molecular weight is 227 g/mol. The molecule has 0 heterocycles. The smallest absolute Gasteiger partial charge is 0.122 e. The van der Waals surface area contributed by atoms with Crippen molar-refractivity contribution in [3.05, 3.63) is 29.3 Å². The third kappa shape index (κ3) is 3.42. The normalized spacial score (nSPS) is 10.3. The number of halogens is 1. The van der Waals surface area contributed by atoms with Gasteiger partial charge in [-0.3, -0.25) is 0 Å². The van der Waals surface area contributed by atoms with E-state index >= 15 is 0 Å². The molecule has 0 bridgehead atoms. The van der Waals surface area contributed by atoms with Gasteiger partial charge in [0.05, 0.1) is 6.61 Å². The monoisotopic (exact) mass is 226 g/mol. The lowest BCUT2D eigenvalue weighted by atomic mass is 10.0. The molecule has 15 heavy (non-hydrogen) atoms. The molecule has 0 aliphatic rings. The van der Waals surface area contributed by atoms with Gasteiger partial charge in [-0.2, -0.15) is 0 Å². The topological polar surface area (TPSA) is 9.23 Å². The Balaban J connectivity index is 2.92. The second-order valence-corrected chi connectivity index (χ2v) is 3.85. The highest BCUT2D eigenvalue weighted by molar-refractivity contribution is 6.17. The van der Waals surface area contributed by atoms with Crippen molar-refractivity contribution < 1.29 is 4.74 Å². The highest BCUT2D eigenvalue weighted by atomic mass is 35.5. The standard InChI is InChI=1S/C13H19ClO/c1-3-11-7-5-9-13(15-4-2)12(11)8-6-10-14/h5,7,9H,3-4,6,8,10H2,1-2H3. The SMILES string of the molecule is CCOc1cccc(CC)c1CCCCl. The maximum absolute atomic E-state index is 5.74. The predicted octanol–water partition coefficient (Wildman–Crippen LogP) is 3.82. The quantitative estimate of drug-likeness (QED) is 0.671. The molecule has 0 atom stereocenters. The van der Waals surface area contributed by atoms with Crippen LogP contribution in [-0.4, -0.2) is 12.5 Å². The summed E-state index contributed by atoms with van der Waals surface area (Å²) in [5, 5.41) is 0. The van der Waals surface area contributed by atoms with Crippen molar-refractivity contribution >= 4 is 11.6 Å². The van der Waals surface area contributed by atoms with Gasteiger partial charge in [0, 0.05) is 5.88 Å². The molecule has 0 fully saturated rings. The molecule has 0 saturated carbocycles. The van der Waals surface area contributed by atoms with Crippen LogP contribution >= 0.6 is 11.6 Å². The minimum atomic E-state index is 0.712. The van der Waals surface area contributed by atoms with Crippen LogP contribution < -0.4 is 4.74 Å². The molecule has 0 aliphatic heterocycles. The van der Waals surface area contributed by atoms with Gasteiger partial charge in [-0.05, 0) is 43.4 Å². The van der Waals surface area contributed by atoms with Crippen molar-refractivity contribution in [1.82, 2.24) is 0 Å². The number of rotatable bonds is 6. The van der Waals surface area contributed by atoms with E-state index in [1.807, 2.05) is 13.0 Å². The Labute approximate surface area is 97.4 Å². The van der Waals surface area contributed by atoms with E-state index in [4.69, 9.17) is 16.3 Å². The van der Waals surface area contributed by atoms with Crippen molar-refractivity contribution in [3.8, 4) is 5.75 Å². The molecule has 0 aromatic heterocycles. The molecule has 0 spiro atoms. The summed E-state index contributed by atoms with van der Waals surface area (Å²) in [6.45, 7) is 4.92. The molecule has 0 radical (unpaired) electrons.